The molecule has 2 N–H and O–H groups in total. The number of nitrogens with two attached hydrogens (primary N) is 1. The Bertz CT molecular complexity index is 822. The van der Waals surface area contributed by atoms with Gasteiger partial charge in [-0.2, -0.15) is 13.2 Å². The molecule has 1 aromatic carbocycles. The number of hydrogen-bond acceptors (Lipinski definition) is 4. The molecule has 3 rings (SSSR count). The van der Waals surface area contributed by atoms with Gasteiger partial charge in [0.25, 0.3) is 0 Å². The molecule has 0 fully saturated rings. The van der Waals surface area contributed by atoms with Crippen molar-refractivity contribution in [3.63, 3.8) is 0 Å². The molecule has 8 heteroatoms. The lowest BCUT2D eigenvalue weighted by atomic mass is 10.1. The molecule has 0 aliphatic heterocycles. The van der Waals surface area contributed by atoms with Gasteiger partial charge in [-0.15, -0.1) is 10.2 Å². The van der Waals surface area contributed by atoms with E-state index in [4.69, 9.17) is 5.73 Å². The van der Waals surface area contributed by atoms with Gasteiger partial charge in [-0.3, -0.25) is 4.40 Å². The number of benzene rings is 1. The third kappa shape index (κ3) is 2.39. The summed E-state index contributed by atoms with van der Waals surface area (Å²) in [5, 5.41) is 7.85. The number of halogens is 3. The number of nitrogen functional groups attached to an aromatic ring is 1. The first kappa shape index (κ1) is 13.3. The lowest BCUT2D eigenvalue weighted by Crippen LogP contribution is -2.06. The van der Waals surface area contributed by atoms with E-state index in [0.717, 1.165) is 17.8 Å². The van der Waals surface area contributed by atoms with Crippen molar-refractivity contribution in [1.29, 1.82) is 0 Å². The van der Waals surface area contributed by atoms with Crippen molar-refractivity contribution in [2.75, 3.05) is 5.73 Å². The average Bonchev–Trinajstić information content (AvgIpc) is 2.79. The summed E-state index contributed by atoms with van der Waals surface area (Å²) in [4.78, 5) is 4.09. The molecule has 0 aliphatic carbocycles. The van der Waals surface area contributed by atoms with Crippen LogP contribution >= 0.6 is 0 Å². The normalized spacial score (nSPS) is 12.0. The van der Waals surface area contributed by atoms with Crippen LogP contribution in [0.2, 0.25) is 0 Å². The Balaban J connectivity index is 2.21. The highest BCUT2D eigenvalue weighted by Crippen LogP contribution is 2.33. The largest absolute Gasteiger partial charge is 0.416 e. The number of aryl methyl sites for hydroxylation is 1. The molecule has 0 amide bonds. The van der Waals surface area contributed by atoms with Crippen molar-refractivity contribution in [2.24, 2.45) is 0 Å². The molecule has 0 atom stereocenters. The predicted molar refractivity (Wildman–Crippen MR) is 70.4 cm³/mol. The van der Waals surface area contributed by atoms with E-state index < -0.39 is 11.7 Å². The summed E-state index contributed by atoms with van der Waals surface area (Å²) in [6, 6.07) is 4.99. The summed E-state index contributed by atoms with van der Waals surface area (Å²) >= 11 is 0. The van der Waals surface area contributed by atoms with E-state index in [9.17, 15) is 13.2 Å². The average molecular weight is 293 g/mol. The lowest BCUT2D eigenvalue weighted by Gasteiger charge is -2.09. The Morgan fingerprint density at radius 1 is 1.10 bits per heavy atom. The van der Waals surface area contributed by atoms with Gasteiger partial charge in [-0.1, -0.05) is 0 Å². The van der Waals surface area contributed by atoms with Crippen LogP contribution in [0.3, 0.4) is 0 Å². The number of rotatable bonds is 1. The number of fused-ring (bicyclic) bond motifs is 1. The van der Waals surface area contributed by atoms with Crippen LogP contribution in [0.4, 0.5) is 18.9 Å². The lowest BCUT2D eigenvalue weighted by molar-refractivity contribution is -0.137. The monoisotopic (exact) mass is 293 g/mol. The fourth-order valence-electron chi connectivity index (χ4n) is 2.03. The van der Waals surface area contributed by atoms with Gasteiger partial charge in [-0.25, -0.2) is 4.98 Å². The Labute approximate surface area is 117 Å². The Hall–Kier alpha value is -2.64. The smallest absolute Gasteiger partial charge is 0.399 e. The summed E-state index contributed by atoms with van der Waals surface area (Å²) in [7, 11) is 0. The summed E-state index contributed by atoms with van der Waals surface area (Å²) in [5.74, 6) is 0.260. The predicted octanol–water partition coefficient (Wildman–Crippen LogP) is 2.70. The zero-order valence-corrected chi connectivity index (χ0v) is 10.9. The van der Waals surface area contributed by atoms with Crippen LogP contribution in [-0.2, 0) is 6.18 Å². The molecule has 21 heavy (non-hydrogen) atoms. The van der Waals surface area contributed by atoms with Crippen molar-refractivity contribution < 1.29 is 13.2 Å². The maximum atomic E-state index is 12.8. The van der Waals surface area contributed by atoms with Gasteiger partial charge in [0.1, 0.15) is 6.33 Å². The first-order chi connectivity index (χ1) is 9.84. The fourth-order valence-corrected chi connectivity index (χ4v) is 2.03. The molecule has 2 heterocycles. The molecule has 0 unspecified atom stereocenters. The highest BCUT2D eigenvalue weighted by atomic mass is 19.4. The van der Waals surface area contributed by atoms with Crippen molar-refractivity contribution >= 4 is 11.3 Å². The van der Waals surface area contributed by atoms with Crippen molar-refractivity contribution in [1.82, 2.24) is 19.6 Å². The van der Waals surface area contributed by atoms with Gasteiger partial charge in [0.15, 0.2) is 11.5 Å². The van der Waals surface area contributed by atoms with Crippen LogP contribution in [0.15, 0.2) is 30.6 Å². The molecule has 0 aliphatic rings. The molecule has 3 aromatic rings. The maximum absolute atomic E-state index is 12.8. The SMILES string of the molecule is Cc1cc2nnc(-c3cc(N)cc(C(F)(F)F)c3)n2cn1. The first-order valence-corrected chi connectivity index (χ1v) is 6.00. The topological polar surface area (TPSA) is 69.1 Å². The molecule has 5 nitrogen and oxygen atoms in total. The Morgan fingerprint density at radius 2 is 1.86 bits per heavy atom. The number of aromatic nitrogens is 4. The highest BCUT2D eigenvalue weighted by Gasteiger charge is 2.31. The van der Waals surface area contributed by atoms with Crippen LogP contribution in [-0.4, -0.2) is 19.6 Å². The maximum Gasteiger partial charge on any atom is 0.416 e. The first-order valence-electron chi connectivity index (χ1n) is 6.00. The molecule has 0 saturated heterocycles. The van der Waals surface area contributed by atoms with E-state index in [2.05, 4.69) is 15.2 Å². The molecule has 108 valence electrons. The van der Waals surface area contributed by atoms with Gasteiger partial charge in [0, 0.05) is 23.0 Å². The minimum absolute atomic E-state index is 0.0108. The van der Waals surface area contributed by atoms with Crippen LogP contribution in [0, 0.1) is 6.92 Å². The van der Waals surface area contributed by atoms with Crippen molar-refractivity contribution in [3.05, 3.63) is 41.9 Å². The summed E-state index contributed by atoms with van der Waals surface area (Å²) < 4.78 is 40.1. The van der Waals surface area contributed by atoms with E-state index in [0.29, 0.717) is 5.65 Å². The van der Waals surface area contributed by atoms with E-state index in [1.54, 1.807) is 13.0 Å². The van der Waals surface area contributed by atoms with Crippen LogP contribution < -0.4 is 5.73 Å². The molecule has 0 saturated carbocycles. The second kappa shape index (κ2) is 4.44. The molecular weight excluding hydrogens is 283 g/mol. The zero-order chi connectivity index (χ0) is 15.2. The number of anilines is 1. The highest BCUT2D eigenvalue weighted by molar-refractivity contribution is 5.65. The standard InChI is InChI=1S/C13H10F3N5/c1-7-2-11-19-20-12(21(11)6-18-7)8-3-9(13(14,15)16)5-10(17)4-8/h2-6H,17H2,1H3. The van der Waals surface area contributed by atoms with Crippen LogP contribution in [0.25, 0.3) is 17.0 Å². The number of alkyl halides is 3. The molecular formula is C13H10F3N5. The van der Waals surface area contributed by atoms with Crippen LogP contribution in [0.5, 0.6) is 0 Å². The molecule has 0 spiro atoms. The second-order valence-electron chi connectivity index (χ2n) is 4.62. The Morgan fingerprint density at radius 3 is 2.57 bits per heavy atom. The minimum Gasteiger partial charge on any atom is -0.399 e. The third-order valence-corrected chi connectivity index (χ3v) is 2.98. The van der Waals surface area contributed by atoms with E-state index in [-0.39, 0.29) is 17.1 Å². The van der Waals surface area contributed by atoms with Crippen LogP contribution in [0.1, 0.15) is 11.3 Å². The summed E-state index contributed by atoms with van der Waals surface area (Å²) in [5.41, 5.74) is 6.23. The number of nitrogens with zero attached hydrogens (tertiary/aromatic N) is 4. The van der Waals surface area contributed by atoms with E-state index in [1.807, 2.05) is 0 Å². The van der Waals surface area contributed by atoms with Crippen molar-refractivity contribution in [2.45, 2.75) is 13.1 Å². The van der Waals surface area contributed by atoms with Gasteiger partial charge in [0.05, 0.1) is 5.56 Å². The third-order valence-electron chi connectivity index (χ3n) is 2.98. The molecule has 0 bridgehead atoms. The van der Waals surface area contributed by atoms with Gasteiger partial charge in [-0.05, 0) is 25.1 Å². The molecule has 2 aromatic heterocycles. The Kier molecular flexibility index (Phi) is 2.82. The summed E-state index contributed by atoms with van der Waals surface area (Å²) in [6.07, 6.45) is -3.00. The van der Waals surface area contributed by atoms with E-state index >= 15 is 0 Å². The molecule has 0 radical (unpaired) electrons. The van der Waals surface area contributed by atoms with Gasteiger partial charge >= 0.3 is 6.18 Å². The summed E-state index contributed by atoms with van der Waals surface area (Å²) in [6.45, 7) is 1.79. The fraction of sp³-hybridized carbons (Fsp3) is 0.154. The minimum atomic E-state index is -4.47. The quantitative estimate of drug-likeness (QED) is 0.700. The van der Waals surface area contributed by atoms with Gasteiger partial charge in [0.2, 0.25) is 0 Å². The van der Waals surface area contributed by atoms with E-state index in [1.165, 1.54) is 16.8 Å². The van der Waals surface area contributed by atoms with Gasteiger partial charge < -0.3 is 5.73 Å². The number of hydrogen-bond donors (Lipinski definition) is 1. The van der Waals surface area contributed by atoms with Crippen molar-refractivity contribution in [3.8, 4) is 11.4 Å². The zero-order valence-electron chi connectivity index (χ0n) is 10.9. The second-order valence-corrected chi connectivity index (χ2v) is 4.62.